The number of nitro benzene ring substituents is 1. The normalized spacial score (nSPS) is 15.3. The molecule has 0 saturated carbocycles. The first-order valence-electron chi connectivity index (χ1n) is 6.78. The maximum absolute atomic E-state index is 11.5. The average molecular weight is 387 g/mol. The third kappa shape index (κ3) is 3.66. The maximum atomic E-state index is 11.5. The van der Waals surface area contributed by atoms with E-state index in [1.807, 2.05) is 0 Å². The number of ether oxygens (including phenoxy) is 1. The van der Waals surface area contributed by atoms with Crippen LogP contribution in [0.25, 0.3) is 11.0 Å². The first-order chi connectivity index (χ1) is 10.5. The van der Waals surface area contributed by atoms with Gasteiger partial charge in [0, 0.05) is 31.8 Å². The van der Waals surface area contributed by atoms with Crippen molar-refractivity contribution < 1.29 is 9.66 Å². The summed E-state index contributed by atoms with van der Waals surface area (Å²) in [5, 5.41) is 11.0. The van der Waals surface area contributed by atoms with Gasteiger partial charge in [0.1, 0.15) is 0 Å². The van der Waals surface area contributed by atoms with Crippen LogP contribution in [0.15, 0.2) is 21.7 Å². The van der Waals surface area contributed by atoms with Gasteiger partial charge in [0.15, 0.2) is 0 Å². The van der Waals surface area contributed by atoms with Gasteiger partial charge in [0.2, 0.25) is 0 Å². The molecule has 23 heavy (non-hydrogen) atoms. The number of rotatable bonds is 3. The summed E-state index contributed by atoms with van der Waals surface area (Å²) >= 11 is 0. The van der Waals surface area contributed by atoms with Gasteiger partial charge in [-0.1, -0.05) is 0 Å². The van der Waals surface area contributed by atoms with Crippen LogP contribution in [-0.4, -0.2) is 46.1 Å². The Morgan fingerprint density at radius 3 is 2.48 bits per heavy atom. The van der Waals surface area contributed by atoms with Gasteiger partial charge in [-0.15, -0.1) is 17.0 Å². The Hall–Kier alpha value is -2.04. The Morgan fingerprint density at radius 1 is 1.17 bits per heavy atom. The molecule has 124 valence electrons. The number of aromatic nitrogens is 2. The second kappa shape index (κ2) is 7.02. The topological polar surface area (TPSA) is 121 Å². The van der Waals surface area contributed by atoms with E-state index >= 15 is 0 Å². The van der Waals surface area contributed by atoms with E-state index in [1.54, 1.807) is 0 Å². The lowest BCUT2D eigenvalue weighted by atomic mass is 10.1. The fraction of sp³-hybridized carbons (Fsp3) is 0.385. The van der Waals surface area contributed by atoms with Crippen LogP contribution >= 0.6 is 17.0 Å². The number of H-pyrrole nitrogens is 2. The van der Waals surface area contributed by atoms with Gasteiger partial charge >= 0.3 is 11.1 Å². The van der Waals surface area contributed by atoms with E-state index in [1.165, 1.54) is 12.1 Å². The van der Waals surface area contributed by atoms with Gasteiger partial charge in [0.05, 0.1) is 29.2 Å². The molecule has 1 aliphatic heterocycles. The number of non-ortho nitro benzene ring substituents is 1. The SMILES string of the molecule is Br.O=c1[nH]c2cc([N+](=O)[O-])cc(CN3CCOCC3)c2[nH]c1=O. The lowest BCUT2D eigenvalue weighted by Gasteiger charge is -2.26. The van der Waals surface area contributed by atoms with Crippen molar-refractivity contribution in [2.45, 2.75) is 6.54 Å². The molecule has 0 radical (unpaired) electrons. The molecule has 0 aliphatic carbocycles. The average Bonchev–Trinajstić information content (AvgIpc) is 2.50. The highest BCUT2D eigenvalue weighted by Gasteiger charge is 2.17. The number of nitrogens with zero attached hydrogens (tertiary/aromatic N) is 2. The standard InChI is InChI=1S/C13H14N4O5.BrH/c18-12-13(19)15-11-8(7-16-1-3-22-4-2-16)5-9(17(20)21)6-10(11)14-12;/h5-6H,1-4,7H2,(H,14,18)(H,15,19);1H. The van der Waals surface area contributed by atoms with Crippen LogP contribution in [0.1, 0.15) is 5.56 Å². The molecule has 9 nitrogen and oxygen atoms in total. The minimum Gasteiger partial charge on any atom is -0.379 e. The van der Waals surface area contributed by atoms with Crippen molar-refractivity contribution in [1.29, 1.82) is 0 Å². The van der Waals surface area contributed by atoms with Crippen molar-refractivity contribution in [3.63, 3.8) is 0 Å². The van der Waals surface area contributed by atoms with Crippen molar-refractivity contribution in [3.05, 3.63) is 48.5 Å². The number of aromatic amines is 2. The van der Waals surface area contributed by atoms with Crippen LogP contribution in [0.5, 0.6) is 0 Å². The Bertz CT molecular complexity index is 840. The zero-order chi connectivity index (χ0) is 15.7. The zero-order valence-electron chi connectivity index (χ0n) is 12.0. The van der Waals surface area contributed by atoms with E-state index in [-0.39, 0.29) is 28.2 Å². The highest BCUT2D eigenvalue weighted by molar-refractivity contribution is 8.93. The van der Waals surface area contributed by atoms with Gasteiger partial charge < -0.3 is 14.7 Å². The Balaban J connectivity index is 0.00000192. The van der Waals surface area contributed by atoms with E-state index in [0.29, 0.717) is 43.9 Å². The predicted molar refractivity (Wildman–Crippen MR) is 88.3 cm³/mol. The quantitative estimate of drug-likeness (QED) is 0.450. The van der Waals surface area contributed by atoms with Crippen LogP contribution in [0.4, 0.5) is 5.69 Å². The Kier molecular flexibility index (Phi) is 5.29. The van der Waals surface area contributed by atoms with Gasteiger partial charge in [-0.3, -0.25) is 24.6 Å². The number of hydrogen-bond donors (Lipinski definition) is 2. The molecule has 1 fully saturated rings. The zero-order valence-corrected chi connectivity index (χ0v) is 13.7. The van der Waals surface area contributed by atoms with Crippen molar-refractivity contribution in [3.8, 4) is 0 Å². The molecule has 0 spiro atoms. The molecule has 2 aromatic rings. The third-order valence-electron chi connectivity index (χ3n) is 3.61. The molecule has 3 rings (SSSR count). The number of benzene rings is 1. The number of halogens is 1. The Morgan fingerprint density at radius 2 is 1.83 bits per heavy atom. The lowest BCUT2D eigenvalue weighted by molar-refractivity contribution is -0.384. The highest BCUT2D eigenvalue weighted by Crippen LogP contribution is 2.23. The fourth-order valence-corrected chi connectivity index (χ4v) is 2.51. The largest absolute Gasteiger partial charge is 0.379 e. The number of nitro groups is 1. The molecule has 0 unspecified atom stereocenters. The summed E-state index contributed by atoms with van der Waals surface area (Å²) in [5.41, 5.74) is -0.462. The second-order valence-electron chi connectivity index (χ2n) is 5.08. The molecular formula is C13H15BrN4O5. The van der Waals surface area contributed by atoms with E-state index < -0.39 is 16.0 Å². The van der Waals surface area contributed by atoms with Crippen LogP contribution in [0.2, 0.25) is 0 Å². The number of fused-ring (bicyclic) bond motifs is 1. The predicted octanol–water partition coefficient (Wildman–Crippen LogP) is 0.535. The van der Waals surface area contributed by atoms with Crippen LogP contribution in [-0.2, 0) is 11.3 Å². The number of morpholine rings is 1. The van der Waals surface area contributed by atoms with E-state index in [2.05, 4.69) is 14.9 Å². The summed E-state index contributed by atoms with van der Waals surface area (Å²) in [6.07, 6.45) is 0. The Labute approximate surface area is 140 Å². The first-order valence-corrected chi connectivity index (χ1v) is 6.78. The molecule has 1 aromatic carbocycles. The van der Waals surface area contributed by atoms with Gasteiger partial charge in [-0.2, -0.15) is 0 Å². The van der Waals surface area contributed by atoms with Crippen LogP contribution in [0, 0.1) is 10.1 Å². The summed E-state index contributed by atoms with van der Waals surface area (Å²) < 4.78 is 5.27. The third-order valence-corrected chi connectivity index (χ3v) is 3.61. The smallest absolute Gasteiger partial charge is 0.314 e. The highest BCUT2D eigenvalue weighted by atomic mass is 79.9. The molecule has 1 aliphatic rings. The van der Waals surface area contributed by atoms with Crippen LogP contribution < -0.4 is 11.1 Å². The summed E-state index contributed by atoms with van der Waals surface area (Å²) in [6, 6.07) is 2.67. The molecule has 0 amide bonds. The van der Waals surface area contributed by atoms with Crippen molar-refractivity contribution in [1.82, 2.24) is 14.9 Å². The molecule has 1 saturated heterocycles. The van der Waals surface area contributed by atoms with Crippen molar-refractivity contribution in [2.24, 2.45) is 0 Å². The number of hydrogen-bond acceptors (Lipinski definition) is 6. The minimum absolute atomic E-state index is 0. The molecule has 2 N–H and O–H groups in total. The first kappa shape index (κ1) is 17.3. The van der Waals surface area contributed by atoms with Gasteiger partial charge in [-0.25, -0.2) is 0 Å². The number of nitrogens with one attached hydrogen (secondary N) is 2. The van der Waals surface area contributed by atoms with E-state index in [4.69, 9.17) is 4.74 Å². The molecule has 0 bridgehead atoms. The lowest BCUT2D eigenvalue weighted by Crippen LogP contribution is -2.36. The van der Waals surface area contributed by atoms with Crippen molar-refractivity contribution >= 4 is 33.7 Å². The molecule has 0 atom stereocenters. The molecule has 1 aromatic heterocycles. The summed E-state index contributed by atoms with van der Waals surface area (Å²) in [7, 11) is 0. The maximum Gasteiger partial charge on any atom is 0.314 e. The molecular weight excluding hydrogens is 372 g/mol. The summed E-state index contributed by atoms with van der Waals surface area (Å²) in [6.45, 7) is 3.04. The molecule has 2 heterocycles. The monoisotopic (exact) mass is 386 g/mol. The molecule has 10 heteroatoms. The summed E-state index contributed by atoms with van der Waals surface area (Å²) in [5.74, 6) is 0. The van der Waals surface area contributed by atoms with Gasteiger partial charge in [0.25, 0.3) is 5.69 Å². The second-order valence-corrected chi connectivity index (χ2v) is 5.08. The fourth-order valence-electron chi connectivity index (χ4n) is 2.51. The van der Waals surface area contributed by atoms with E-state index in [9.17, 15) is 19.7 Å². The van der Waals surface area contributed by atoms with Crippen LogP contribution in [0.3, 0.4) is 0 Å². The van der Waals surface area contributed by atoms with Crippen molar-refractivity contribution in [2.75, 3.05) is 26.3 Å². The summed E-state index contributed by atoms with van der Waals surface area (Å²) in [4.78, 5) is 40.4. The minimum atomic E-state index is -0.828. The van der Waals surface area contributed by atoms with Gasteiger partial charge in [-0.05, 0) is 5.56 Å². The van der Waals surface area contributed by atoms with E-state index in [0.717, 1.165) is 0 Å².